The van der Waals surface area contributed by atoms with E-state index in [-0.39, 0.29) is 28.6 Å². The summed E-state index contributed by atoms with van der Waals surface area (Å²) in [5.41, 5.74) is -2.62. The fourth-order valence-corrected chi connectivity index (χ4v) is 7.25. The molecule has 3 aliphatic rings. The first-order valence-electron chi connectivity index (χ1n) is 13.5. The number of hydrogen-bond donors (Lipinski definition) is 0. The van der Waals surface area contributed by atoms with Crippen molar-refractivity contribution in [3.8, 4) is 0 Å². The van der Waals surface area contributed by atoms with Crippen LogP contribution in [0.3, 0.4) is 0 Å². The van der Waals surface area contributed by atoms with Gasteiger partial charge in [0.1, 0.15) is 6.10 Å². The molecule has 2 fully saturated rings. The van der Waals surface area contributed by atoms with E-state index in [2.05, 4.69) is 27.7 Å². The smallest absolute Gasteiger partial charge is 0.432 e. The number of benzene rings is 1. The highest BCUT2D eigenvalue weighted by atomic mass is 19.4. The van der Waals surface area contributed by atoms with Crippen LogP contribution in [0, 0.1) is 23.7 Å². The fourth-order valence-electron chi connectivity index (χ4n) is 7.25. The first-order chi connectivity index (χ1) is 17.3. The van der Waals surface area contributed by atoms with E-state index < -0.39 is 23.9 Å². The quantitative estimate of drug-likeness (QED) is 0.264. The Kier molecular flexibility index (Phi) is 7.63. The van der Waals surface area contributed by atoms with E-state index in [4.69, 9.17) is 14.2 Å². The Morgan fingerprint density at radius 2 is 1.81 bits per heavy atom. The van der Waals surface area contributed by atoms with Gasteiger partial charge in [-0.1, -0.05) is 49.8 Å². The van der Waals surface area contributed by atoms with E-state index in [1.54, 1.807) is 6.07 Å². The molecule has 1 aliphatic carbocycles. The molecule has 4 rings (SSSR count). The molecule has 4 nitrogen and oxygen atoms in total. The van der Waals surface area contributed by atoms with Gasteiger partial charge in [-0.05, 0) is 83.1 Å². The van der Waals surface area contributed by atoms with Crippen LogP contribution >= 0.6 is 0 Å². The van der Waals surface area contributed by atoms with E-state index in [9.17, 15) is 18.0 Å². The number of halogens is 3. The monoisotopic (exact) mass is 522 g/mol. The number of ether oxygens (including phenoxy) is 3. The van der Waals surface area contributed by atoms with Crippen molar-refractivity contribution in [2.75, 3.05) is 7.11 Å². The summed E-state index contributed by atoms with van der Waals surface area (Å²) in [6.45, 7) is 10.8. The summed E-state index contributed by atoms with van der Waals surface area (Å²) in [5.74, 6) is -0.410. The first-order valence-corrected chi connectivity index (χ1v) is 13.5. The SMILES string of the molecule is CO[C@@](C(=O)O[C@@H]1C=C(C)CCC1C(C)CC[C@@H]1[C@@H](C)[C@]2(C)CC[C@@]1(C)O2)(c1ccccc1)C(F)(F)F. The van der Waals surface area contributed by atoms with Crippen LogP contribution in [-0.2, 0) is 24.6 Å². The summed E-state index contributed by atoms with van der Waals surface area (Å²) >= 11 is 0. The molecule has 2 bridgehead atoms. The van der Waals surface area contributed by atoms with E-state index >= 15 is 0 Å². The maximum Gasteiger partial charge on any atom is 0.432 e. The molecule has 2 heterocycles. The minimum absolute atomic E-state index is 0.0654. The standard InChI is InChI=1S/C30H41F3O4/c1-19-12-14-23(20(2)13-15-24-21(3)27(4)16-17-28(24,5)37-27)25(18-19)36-26(34)29(35-6,30(31,32)33)22-10-8-7-9-11-22/h7-11,18,20-21,23-25H,12-17H2,1-6H3/t20?,21-,23?,24-,25-,27+,28-,29-/m1/s1. The molecule has 0 N–H and O–H groups in total. The largest absolute Gasteiger partial charge is 0.455 e. The van der Waals surface area contributed by atoms with E-state index in [0.717, 1.165) is 51.2 Å². The molecule has 2 saturated heterocycles. The Labute approximate surface area is 218 Å². The van der Waals surface area contributed by atoms with Gasteiger partial charge >= 0.3 is 12.1 Å². The van der Waals surface area contributed by atoms with Gasteiger partial charge in [0.2, 0.25) is 0 Å². The van der Waals surface area contributed by atoms with Crippen molar-refractivity contribution >= 4 is 5.97 Å². The Morgan fingerprint density at radius 3 is 2.38 bits per heavy atom. The molecule has 0 saturated carbocycles. The lowest BCUT2D eigenvalue weighted by Crippen LogP contribution is -2.53. The maximum absolute atomic E-state index is 14.4. The third-order valence-electron chi connectivity index (χ3n) is 9.76. The van der Waals surface area contributed by atoms with Crippen molar-refractivity contribution < 1.29 is 32.2 Å². The van der Waals surface area contributed by atoms with E-state index in [1.807, 2.05) is 13.0 Å². The number of fused-ring (bicyclic) bond motifs is 2. The number of carbonyl (C=O) groups is 1. The van der Waals surface area contributed by atoms with Gasteiger partial charge in [0, 0.05) is 18.6 Å². The number of hydrogen-bond acceptors (Lipinski definition) is 4. The summed E-state index contributed by atoms with van der Waals surface area (Å²) in [6.07, 6.45) is 1.76. The average molecular weight is 523 g/mol. The van der Waals surface area contributed by atoms with Crippen molar-refractivity contribution in [1.29, 1.82) is 0 Å². The molecule has 2 unspecified atom stereocenters. The highest BCUT2D eigenvalue weighted by Gasteiger charge is 2.64. The number of alkyl halides is 3. The molecule has 8 atom stereocenters. The Morgan fingerprint density at radius 1 is 1.16 bits per heavy atom. The van der Waals surface area contributed by atoms with Gasteiger partial charge in [-0.2, -0.15) is 13.2 Å². The zero-order chi connectivity index (χ0) is 27.2. The van der Waals surface area contributed by atoms with Gasteiger partial charge in [-0.25, -0.2) is 4.79 Å². The zero-order valence-corrected chi connectivity index (χ0v) is 22.9. The van der Waals surface area contributed by atoms with Gasteiger partial charge in [0.15, 0.2) is 0 Å². The first kappa shape index (κ1) is 28.2. The molecule has 7 heteroatoms. The lowest BCUT2D eigenvalue weighted by molar-refractivity contribution is -0.278. The van der Waals surface area contributed by atoms with Gasteiger partial charge in [-0.15, -0.1) is 0 Å². The third-order valence-corrected chi connectivity index (χ3v) is 9.76. The van der Waals surface area contributed by atoms with Crippen LogP contribution in [0.25, 0.3) is 0 Å². The minimum atomic E-state index is -4.99. The second-order valence-electron chi connectivity index (χ2n) is 12.0. The molecule has 1 aromatic carbocycles. The molecule has 2 aliphatic heterocycles. The molecule has 206 valence electrons. The second kappa shape index (κ2) is 10.0. The van der Waals surface area contributed by atoms with Crippen molar-refractivity contribution in [3.63, 3.8) is 0 Å². The van der Waals surface area contributed by atoms with Crippen LogP contribution in [0.2, 0.25) is 0 Å². The molecule has 37 heavy (non-hydrogen) atoms. The Bertz CT molecular complexity index is 1010. The van der Waals surface area contributed by atoms with E-state index in [1.165, 1.54) is 24.3 Å². The summed E-state index contributed by atoms with van der Waals surface area (Å²) < 4.78 is 60.4. The van der Waals surface area contributed by atoms with Crippen LogP contribution in [0.5, 0.6) is 0 Å². The molecule has 0 spiro atoms. The number of carbonyl (C=O) groups excluding carboxylic acids is 1. The maximum atomic E-state index is 14.4. The summed E-state index contributed by atoms with van der Waals surface area (Å²) in [5, 5.41) is 0. The minimum Gasteiger partial charge on any atom is -0.455 e. The predicted octanol–water partition coefficient (Wildman–Crippen LogP) is 7.37. The lowest BCUT2D eigenvalue weighted by Gasteiger charge is -2.39. The Hall–Kier alpha value is -1.86. The highest BCUT2D eigenvalue weighted by Crippen LogP contribution is 2.58. The van der Waals surface area contributed by atoms with Crippen molar-refractivity contribution in [2.45, 2.75) is 102 Å². The third kappa shape index (κ3) is 4.87. The summed E-state index contributed by atoms with van der Waals surface area (Å²) in [4.78, 5) is 13.3. The molecule has 0 amide bonds. The zero-order valence-electron chi connectivity index (χ0n) is 22.9. The molecular weight excluding hydrogens is 481 g/mol. The number of allylic oxidation sites excluding steroid dienone is 1. The summed E-state index contributed by atoms with van der Waals surface area (Å²) in [6, 6.07) is 7.01. The molecule has 1 aromatic rings. The normalized spacial score (nSPS) is 36.1. The lowest BCUT2D eigenvalue weighted by atomic mass is 9.66. The average Bonchev–Trinajstić information content (AvgIpc) is 3.24. The van der Waals surface area contributed by atoms with Crippen LogP contribution in [0.15, 0.2) is 42.0 Å². The van der Waals surface area contributed by atoms with Gasteiger partial charge < -0.3 is 14.2 Å². The van der Waals surface area contributed by atoms with Crippen molar-refractivity contribution in [3.05, 3.63) is 47.5 Å². The topological polar surface area (TPSA) is 44.8 Å². The number of esters is 1. The molecular formula is C30H41F3O4. The van der Waals surface area contributed by atoms with Crippen LogP contribution in [0.4, 0.5) is 13.2 Å². The van der Waals surface area contributed by atoms with Gasteiger partial charge in [0.05, 0.1) is 11.2 Å². The number of methoxy groups -OCH3 is 1. The molecule has 0 radical (unpaired) electrons. The predicted molar refractivity (Wildman–Crippen MR) is 136 cm³/mol. The van der Waals surface area contributed by atoms with Crippen LogP contribution in [0.1, 0.15) is 78.7 Å². The van der Waals surface area contributed by atoms with Crippen LogP contribution < -0.4 is 0 Å². The second-order valence-corrected chi connectivity index (χ2v) is 12.0. The Balaban J connectivity index is 1.52. The van der Waals surface area contributed by atoms with Crippen molar-refractivity contribution in [2.24, 2.45) is 23.7 Å². The molecule has 0 aromatic heterocycles. The summed E-state index contributed by atoms with van der Waals surface area (Å²) in [7, 11) is 0.906. The van der Waals surface area contributed by atoms with Gasteiger partial charge in [0.25, 0.3) is 5.60 Å². The number of rotatable bonds is 8. The fraction of sp³-hybridized carbons (Fsp3) is 0.700. The van der Waals surface area contributed by atoms with Gasteiger partial charge in [-0.3, -0.25) is 0 Å². The van der Waals surface area contributed by atoms with Crippen LogP contribution in [-0.4, -0.2) is 36.6 Å². The van der Waals surface area contributed by atoms with Crippen molar-refractivity contribution in [1.82, 2.24) is 0 Å². The van der Waals surface area contributed by atoms with E-state index in [0.29, 0.717) is 11.8 Å². The highest BCUT2D eigenvalue weighted by molar-refractivity contribution is 5.83.